The largest absolute Gasteiger partial charge is 0.401 e. The van der Waals surface area contributed by atoms with Crippen molar-refractivity contribution in [3.63, 3.8) is 0 Å². The fourth-order valence-corrected chi connectivity index (χ4v) is 2.70. The summed E-state index contributed by atoms with van der Waals surface area (Å²) in [4.78, 5) is 29.3. The Morgan fingerprint density at radius 2 is 2.17 bits per heavy atom. The minimum Gasteiger partial charge on any atom is -0.355 e. The number of carbonyl (C=O) groups is 2. The second-order valence-electron chi connectivity index (χ2n) is 5.68. The molecule has 11 heteroatoms. The molecule has 2 saturated heterocycles. The SMILES string of the molecule is CN=C(NCCN1C(=O)CNC1=O)NC1CCN(CC(F)(F)F)C1. The van der Waals surface area contributed by atoms with Crippen LogP contribution in [0, 0.1) is 0 Å². The Kier molecular flexibility index (Phi) is 5.86. The molecule has 0 bridgehead atoms. The van der Waals surface area contributed by atoms with Gasteiger partial charge in [-0.05, 0) is 6.42 Å². The number of aliphatic imine (C=N–C) groups is 1. The van der Waals surface area contributed by atoms with Gasteiger partial charge in [-0.2, -0.15) is 13.2 Å². The smallest absolute Gasteiger partial charge is 0.355 e. The molecular weight excluding hydrogens is 329 g/mol. The second-order valence-corrected chi connectivity index (χ2v) is 5.68. The van der Waals surface area contributed by atoms with Crippen LogP contribution < -0.4 is 16.0 Å². The molecule has 3 amide bonds. The van der Waals surface area contributed by atoms with Gasteiger partial charge < -0.3 is 16.0 Å². The number of likely N-dealkylation sites (tertiary alicyclic amines) is 1. The molecule has 0 saturated carbocycles. The first kappa shape index (κ1) is 18.3. The van der Waals surface area contributed by atoms with E-state index < -0.39 is 18.8 Å². The number of nitrogens with zero attached hydrogens (tertiary/aromatic N) is 3. The molecule has 2 rings (SSSR count). The zero-order valence-corrected chi connectivity index (χ0v) is 13.3. The van der Waals surface area contributed by atoms with Gasteiger partial charge in [-0.15, -0.1) is 0 Å². The highest BCUT2D eigenvalue weighted by Crippen LogP contribution is 2.19. The lowest BCUT2D eigenvalue weighted by Gasteiger charge is -2.20. The van der Waals surface area contributed by atoms with Crippen LogP contribution in [-0.4, -0.2) is 86.2 Å². The third kappa shape index (κ3) is 5.25. The summed E-state index contributed by atoms with van der Waals surface area (Å²) < 4.78 is 37.1. The van der Waals surface area contributed by atoms with Crippen molar-refractivity contribution in [1.82, 2.24) is 25.8 Å². The number of hydrogen-bond acceptors (Lipinski definition) is 4. The van der Waals surface area contributed by atoms with Crippen molar-refractivity contribution in [2.24, 2.45) is 4.99 Å². The van der Waals surface area contributed by atoms with Crippen LogP contribution in [0.4, 0.5) is 18.0 Å². The molecule has 2 heterocycles. The van der Waals surface area contributed by atoms with Gasteiger partial charge in [0.2, 0.25) is 5.91 Å². The molecule has 0 radical (unpaired) electrons. The van der Waals surface area contributed by atoms with E-state index in [4.69, 9.17) is 0 Å². The molecule has 0 aromatic carbocycles. The fourth-order valence-electron chi connectivity index (χ4n) is 2.70. The van der Waals surface area contributed by atoms with Gasteiger partial charge in [0.25, 0.3) is 0 Å². The number of nitrogens with one attached hydrogen (secondary N) is 3. The Labute approximate surface area is 137 Å². The minimum absolute atomic E-state index is 0.00290. The van der Waals surface area contributed by atoms with Crippen molar-refractivity contribution in [2.75, 3.05) is 46.3 Å². The van der Waals surface area contributed by atoms with Gasteiger partial charge in [0.1, 0.15) is 0 Å². The Hall–Kier alpha value is -2.04. The first-order chi connectivity index (χ1) is 11.3. The molecular formula is C13H21F3N6O2. The lowest BCUT2D eigenvalue weighted by atomic mass is 10.3. The fraction of sp³-hybridized carbons (Fsp3) is 0.769. The van der Waals surface area contributed by atoms with Crippen molar-refractivity contribution in [1.29, 1.82) is 0 Å². The zero-order chi connectivity index (χ0) is 17.7. The number of hydrogen-bond donors (Lipinski definition) is 3. The molecule has 1 unspecified atom stereocenters. The molecule has 2 aliphatic rings. The Morgan fingerprint density at radius 3 is 2.75 bits per heavy atom. The van der Waals surface area contributed by atoms with Crippen molar-refractivity contribution in [2.45, 2.75) is 18.6 Å². The Bertz CT molecular complexity index is 494. The molecule has 24 heavy (non-hydrogen) atoms. The highest BCUT2D eigenvalue weighted by Gasteiger charge is 2.34. The van der Waals surface area contributed by atoms with E-state index in [0.717, 1.165) is 4.90 Å². The lowest BCUT2D eigenvalue weighted by molar-refractivity contribution is -0.143. The normalized spacial score (nSPS) is 22.9. The van der Waals surface area contributed by atoms with Gasteiger partial charge in [-0.3, -0.25) is 19.6 Å². The van der Waals surface area contributed by atoms with E-state index in [9.17, 15) is 22.8 Å². The van der Waals surface area contributed by atoms with Crippen molar-refractivity contribution < 1.29 is 22.8 Å². The standard InChI is InChI=1S/C13H21F3N6O2/c1-17-11(18-3-5-22-10(23)6-19-12(22)24)20-9-2-4-21(7-9)8-13(14,15)16/h9H,2-8H2,1H3,(H,19,24)(H2,17,18,20). The van der Waals surface area contributed by atoms with Crippen molar-refractivity contribution in [3.8, 4) is 0 Å². The van der Waals surface area contributed by atoms with E-state index in [1.165, 1.54) is 4.90 Å². The number of amides is 3. The molecule has 1 atom stereocenters. The van der Waals surface area contributed by atoms with E-state index in [0.29, 0.717) is 25.5 Å². The number of rotatable bonds is 5. The minimum atomic E-state index is -4.20. The van der Waals surface area contributed by atoms with E-state index in [2.05, 4.69) is 20.9 Å². The van der Waals surface area contributed by atoms with Crippen LogP contribution in [0.15, 0.2) is 4.99 Å². The topological polar surface area (TPSA) is 89.1 Å². The van der Waals surface area contributed by atoms with Crippen LogP contribution in [0.2, 0.25) is 0 Å². The molecule has 2 aliphatic heterocycles. The van der Waals surface area contributed by atoms with E-state index in [-0.39, 0.29) is 31.6 Å². The first-order valence-corrected chi connectivity index (χ1v) is 7.63. The summed E-state index contributed by atoms with van der Waals surface area (Å²) in [7, 11) is 1.55. The summed E-state index contributed by atoms with van der Waals surface area (Å²) in [6.45, 7) is 0.240. The van der Waals surface area contributed by atoms with E-state index in [1.54, 1.807) is 7.05 Å². The highest BCUT2D eigenvalue weighted by molar-refractivity contribution is 6.01. The first-order valence-electron chi connectivity index (χ1n) is 7.63. The molecule has 0 aromatic heterocycles. The van der Waals surface area contributed by atoms with Crippen LogP contribution in [0.1, 0.15) is 6.42 Å². The molecule has 136 valence electrons. The van der Waals surface area contributed by atoms with Crippen LogP contribution in [-0.2, 0) is 4.79 Å². The number of guanidine groups is 1. The maximum atomic E-state index is 12.4. The van der Waals surface area contributed by atoms with E-state index >= 15 is 0 Å². The van der Waals surface area contributed by atoms with Crippen LogP contribution >= 0.6 is 0 Å². The predicted octanol–water partition coefficient (Wildman–Crippen LogP) is -0.660. The average Bonchev–Trinajstić information content (AvgIpc) is 3.04. The van der Waals surface area contributed by atoms with Gasteiger partial charge >= 0.3 is 12.2 Å². The number of carbonyl (C=O) groups excluding carboxylic acids is 2. The van der Waals surface area contributed by atoms with Crippen LogP contribution in [0.25, 0.3) is 0 Å². The van der Waals surface area contributed by atoms with Crippen LogP contribution in [0.5, 0.6) is 0 Å². The Balaban J connectivity index is 1.71. The van der Waals surface area contributed by atoms with Gasteiger partial charge in [0.05, 0.1) is 13.1 Å². The average molecular weight is 350 g/mol. The number of alkyl halides is 3. The quantitative estimate of drug-likeness (QED) is 0.348. The molecule has 3 N–H and O–H groups in total. The third-order valence-electron chi connectivity index (χ3n) is 3.80. The number of halogens is 3. The van der Waals surface area contributed by atoms with Crippen molar-refractivity contribution in [3.05, 3.63) is 0 Å². The summed E-state index contributed by atoms with van der Waals surface area (Å²) >= 11 is 0. The Morgan fingerprint density at radius 1 is 1.42 bits per heavy atom. The molecule has 0 aromatic rings. The van der Waals surface area contributed by atoms with Crippen LogP contribution in [0.3, 0.4) is 0 Å². The highest BCUT2D eigenvalue weighted by atomic mass is 19.4. The molecule has 2 fully saturated rings. The van der Waals surface area contributed by atoms with Gasteiger partial charge in [0.15, 0.2) is 5.96 Å². The zero-order valence-electron chi connectivity index (χ0n) is 13.3. The summed E-state index contributed by atoms with van der Waals surface area (Å²) in [5.74, 6) is 0.143. The number of urea groups is 1. The monoisotopic (exact) mass is 350 g/mol. The van der Waals surface area contributed by atoms with Gasteiger partial charge in [0, 0.05) is 39.3 Å². The molecule has 0 aliphatic carbocycles. The van der Waals surface area contributed by atoms with E-state index in [1.807, 2.05) is 0 Å². The summed E-state index contributed by atoms with van der Waals surface area (Å²) in [5, 5.41) is 8.43. The van der Waals surface area contributed by atoms with Crippen molar-refractivity contribution >= 4 is 17.9 Å². The number of imide groups is 1. The second kappa shape index (κ2) is 7.69. The maximum Gasteiger partial charge on any atom is 0.401 e. The molecule has 0 spiro atoms. The maximum absolute atomic E-state index is 12.4. The van der Waals surface area contributed by atoms with Gasteiger partial charge in [-0.1, -0.05) is 0 Å². The predicted molar refractivity (Wildman–Crippen MR) is 80.5 cm³/mol. The summed E-state index contributed by atoms with van der Waals surface area (Å²) in [6.07, 6.45) is -3.61. The molecule has 8 nitrogen and oxygen atoms in total. The lowest BCUT2D eigenvalue weighted by Crippen LogP contribution is -2.47. The summed E-state index contributed by atoms with van der Waals surface area (Å²) in [5.41, 5.74) is 0. The van der Waals surface area contributed by atoms with Gasteiger partial charge in [-0.25, -0.2) is 4.79 Å². The third-order valence-corrected chi connectivity index (χ3v) is 3.80. The summed E-state index contributed by atoms with van der Waals surface area (Å²) in [6, 6.07) is -0.557.